The monoisotopic (exact) mass is 752 g/mol. The molecule has 6 rings (SSSR count). The summed E-state index contributed by atoms with van der Waals surface area (Å²) in [6, 6.07) is 0. The zero-order valence-corrected chi connectivity index (χ0v) is 31.0. The molecule has 2 saturated carbocycles. The highest BCUT2D eigenvalue weighted by molar-refractivity contribution is 6.40. The highest BCUT2D eigenvalue weighted by Gasteiger charge is 2.48. The number of rotatable bonds is 2. The highest BCUT2D eigenvalue weighted by Crippen LogP contribution is 2.35. The number of likely N-dealkylation sites (tertiary alicyclic amines) is 1. The van der Waals surface area contributed by atoms with Crippen molar-refractivity contribution >= 4 is 59.1 Å². The quantitative estimate of drug-likeness (QED) is 0.225. The van der Waals surface area contributed by atoms with E-state index in [9.17, 15) is 27.6 Å². The number of alkyl halides is 5. The van der Waals surface area contributed by atoms with Gasteiger partial charge in [0.15, 0.2) is 0 Å². The van der Waals surface area contributed by atoms with Crippen molar-refractivity contribution in [1.29, 1.82) is 0 Å². The lowest BCUT2D eigenvalue weighted by molar-refractivity contribution is -0.156. The number of halogens is 5. The van der Waals surface area contributed by atoms with Crippen LogP contribution < -0.4 is 16.0 Å². The number of amidine groups is 2. The molecule has 284 valence electrons. The first kappa shape index (κ1) is 42.0. The Labute approximate surface area is 303 Å². The molecule has 4 heterocycles. The summed E-state index contributed by atoms with van der Waals surface area (Å²) in [6.07, 6.45) is 9.16. The maximum absolute atomic E-state index is 12.5. The standard InChI is InChI=1S/C18H29N3O3.C13H21N3O.C2HF3O.CH2Cl2/c1-17(2,3)24-16(23)21-11-9-18(10-12-21)15(22)19-14(20-18)13-7-5-4-6-8-13;17-12-13(6-8-14-9-7-13)16-11(15-12)10-4-2-1-3-5-10;3-2(4,5)1-6;2-1-3/h13H,4-12H2,1-3H3,(H,19,20,22);10,14H,1-9H2,(H,15,16,17);1H;1H2. The third-order valence-electron chi connectivity index (χ3n) is 9.79. The number of piperidine rings is 2. The summed E-state index contributed by atoms with van der Waals surface area (Å²) in [5, 5.41) is 9.61. The second-order valence-corrected chi connectivity index (χ2v) is 15.4. The topological polar surface area (TPSA) is 142 Å². The van der Waals surface area contributed by atoms with Crippen LogP contribution in [0.5, 0.6) is 0 Å². The van der Waals surface area contributed by atoms with Gasteiger partial charge in [-0.3, -0.25) is 24.4 Å². The number of carbonyl (C=O) groups excluding carboxylic acids is 4. The molecule has 4 aliphatic heterocycles. The van der Waals surface area contributed by atoms with Gasteiger partial charge >= 0.3 is 12.3 Å². The zero-order chi connectivity index (χ0) is 37.0. The Kier molecular flexibility index (Phi) is 15.8. The summed E-state index contributed by atoms with van der Waals surface area (Å²) in [5.41, 5.74) is -1.58. The first-order chi connectivity index (χ1) is 23.6. The van der Waals surface area contributed by atoms with Crippen molar-refractivity contribution < 1.29 is 37.1 Å². The molecule has 16 heteroatoms. The molecule has 0 aromatic heterocycles. The van der Waals surface area contributed by atoms with Crippen LogP contribution in [0.1, 0.15) is 111 Å². The van der Waals surface area contributed by atoms with Crippen LogP contribution in [-0.2, 0) is 19.1 Å². The molecular formula is C34H53Cl2F3N6O5. The van der Waals surface area contributed by atoms with Crippen LogP contribution in [0.15, 0.2) is 9.98 Å². The molecule has 11 nitrogen and oxygen atoms in total. The molecule has 0 aromatic rings. The Hall–Kier alpha value is -2.45. The van der Waals surface area contributed by atoms with E-state index in [1.165, 1.54) is 51.4 Å². The van der Waals surface area contributed by atoms with Crippen molar-refractivity contribution in [2.45, 2.75) is 134 Å². The first-order valence-electron chi connectivity index (χ1n) is 17.7. The van der Waals surface area contributed by atoms with Crippen LogP contribution in [0.25, 0.3) is 0 Å². The Morgan fingerprint density at radius 1 is 0.820 bits per heavy atom. The molecule has 0 bridgehead atoms. The molecule has 50 heavy (non-hydrogen) atoms. The van der Waals surface area contributed by atoms with Gasteiger partial charge in [-0.15, -0.1) is 23.2 Å². The second kappa shape index (κ2) is 18.9. The maximum Gasteiger partial charge on any atom is 0.446 e. The molecule has 3 amide bonds. The number of hydrogen-bond donors (Lipinski definition) is 3. The van der Waals surface area contributed by atoms with Gasteiger partial charge in [-0.1, -0.05) is 38.5 Å². The van der Waals surface area contributed by atoms with Gasteiger partial charge in [0.05, 0.1) is 5.34 Å². The smallest absolute Gasteiger partial charge is 0.444 e. The lowest BCUT2D eigenvalue weighted by atomic mass is 9.87. The predicted octanol–water partition coefficient (Wildman–Crippen LogP) is 6.25. The fraction of sp³-hybridized carbons (Fsp3) is 0.824. The SMILES string of the molecule is CC(C)(C)OC(=O)N1CCC2(CC1)N=C(C1CCCCC1)NC2=O.ClCCl.O=C1NC(C2CCCCC2)=NC12CCNCC2.O=CC(F)(F)F. The molecule has 0 radical (unpaired) electrons. The number of aldehydes is 1. The second-order valence-electron chi connectivity index (χ2n) is 14.6. The van der Waals surface area contributed by atoms with E-state index >= 15 is 0 Å². The van der Waals surface area contributed by atoms with Gasteiger partial charge in [-0.05, 0) is 85.2 Å². The molecule has 2 spiro atoms. The molecule has 0 unspecified atom stereocenters. The zero-order valence-electron chi connectivity index (χ0n) is 29.4. The average Bonchev–Trinajstić information content (AvgIpc) is 3.57. The Balaban J connectivity index is 0.000000225. The summed E-state index contributed by atoms with van der Waals surface area (Å²) in [5.74, 6) is 2.99. The number of hydrogen-bond acceptors (Lipinski definition) is 8. The van der Waals surface area contributed by atoms with E-state index in [1.54, 1.807) is 4.90 Å². The van der Waals surface area contributed by atoms with Crippen LogP contribution >= 0.6 is 23.2 Å². The van der Waals surface area contributed by atoms with Crippen LogP contribution in [0.2, 0.25) is 0 Å². The largest absolute Gasteiger partial charge is 0.446 e. The molecule has 6 aliphatic rings. The first-order valence-corrected chi connectivity index (χ1v) is 18.8. The minimum Gasteiger partial charge on any atom is -0.444 e. The van der Waals surface area contributed by atoms with Gasteiger partial charge in [-0.2, -0.15) is 13.2 Å². The van der Waals surface area contributed by atoms with Crippen molar-refractivity contribution in [1.82, 2.24) is 20.9 Å². The van der Waals surface area contributed by atoms with Crippen LogP contribution in [-0.4, -0.2) is 95.1 Å². The minimum atomic E-state index is -4.64. The van der Waals surface area contributed by atoms with Gasteiger partial charge in [0.2, 0.25) is 6.29 Å². The number of amides is 3. The van der Waals surface area contributed by atoms with E-state index in [2.05, 4.69) is 16.0 Å². The van der Waals surface area contributed by atoms with E-state index in [4.69, 9.17) is 42.7 Å². The number of aliphatic imine (C=N–C) groups is 2. The summed E-state index contributed by atoms with van der Waals surface area (Å²) in [4.78, 5) is 56.9. The van der Waals surface area contributed by atoms with Gasteiger partial charge in [0, 0.05) is 24.9 Å². The lowest BCUT2D eigenvalue weighted by Crippen LogP contribution is -2.51. The Morgan fingerprint density at radius 3 is 1.56 bits per heavy atom. The highest BCUT2D eigenvalue weighted by atomic mass is 35.5. The number of ether oxygens (including phenoxy) is 1. The van der Waals surface area contributed by atoms with E-state index in [0.717, 1.165) is 50.4 Å². The van der Waals surface area contributed by atoms with Crippen molar-refractivity contribution in [2.75, 3.05) is 31.5 Å². The van der Waals surface area contributed by atoms with E-state index < -0.39 is 29.1 Å². The number of nitrogens with zero attached hydrogens (tertiary/aromatic N) is 3. The number of nitrogens with one attached hydrogen (secondary N) is 3. The summed E-state index contributed by atoms with van der Waals surface area (Å²) in [7, 11) is 0. The number of carbonyl (C=O) groups is 4. The predicted molar refractivity (Wildman–Crippen MR) is 188 cm³/mol. The molecular weight excluding hydrogens is 700 g/mol. The molecule has 2 saturated heterocycles. The third-order valence-corrected chi connectivity index (χ3v) is 9.79. The van der Waals surface area contributed by atoms with Gasteiger partial charge in [0.25, 0.3) is 11.8 Å². The van der Waals surface area contributed by atoms with Crippen LogP contribution in [0, 0.1) is 11.8 Å². The molecule has 0 aromatic carbocycles. The van der Waals surface area contributed by atoms with E-state index in [-0.39, 0.29) is 23.2 Å². The molecule has 3 N–H and O–H groups in total. The van der Waals surface area contributed by atoms with E-state index in [0.29, 0.717) is 37.8 Å². The summed E-state index contributed by atoms with van der Waals surface area (Å²) < 4.78 is 36.7. The van der Waals surface area contributed by atoms with Crippen molar-refractivity contribution in [3.8, 4) is 0 Å². The third kappa shape index (κ3) is 12.4. The van der Waals surface area contributed by atoms with Gasteiger partial charge in [0.1, 0.15) is 28.4 Å². The summed E-state index contributed by atoms with van der Waals surface area (Å²) in [6.45, 7) is 8.45. The fourth-order valence-corrected chi connectivity index (χ4v) is 7.13. The van der Waals surface area contributed by atoms with Crippen LogP contribution in [0.4, 0.5) is 18.0 Å². The van der Waals surface area contributed by atoms with Crippen molar-refractivity contribution in [3.63, 3.8) is 0 Å². The Bertz CT molecular complexity index is 1220. The van der Waals surface area contributed by atoms with Crippen molar-refractivity contribution in [3.05, 3.63) is 0 Å². The summed E-state index contributed by atoms with van der Waals surface area (Å²) >= 11 is 9.53. The maximum atomic E-state index is 12.5. The van der Waals surface area contributed by atoms with E-state index in [1.807, 2.05) is 20.8 Å². The molecule has 0 atom stereocenters. The fourth-order valence-electron chi connectivity index (χ4n) is 7.13. The molecule has 4 fully saturated rings. The lowest BCUT2D eigenvalue weighted by Gasteiger charge is -2.36. The average molecular weight is 754 g/mol. The Morgan fingerprint density at radius 2 is 1.20 bits per heavy atom. The molecule has 2 aliphatic carbocycles. The van der Waals surface area contributed by atoms with Crippen molar-refractivity contribution in [2.24, 2.45) is 21.8 Å². The van der Waals surface area contributed by atoms with Crippen LogP contribution in [0.3, 0.4) is 0 Å². The van der Waals surface area contributed by atoms with Gasteiger partial charge < -0.3 is 25.6 Å². The normalized spacial score (nSPS) is 23.5. The van der Waals surface area contributed by atoms with Gasteiger partial charge in [-0.25, -0.2) is 4.79 Å². The minimum absolute atomic E-state index is 0.0203.